The molecule has 0 atom stereocenters. The molecule has 3 aromatic rings. The summed E-state index contributed by atoms with van der Waals surface area (Å²) in [5, 5.41) is 6.06. The monoisotopic (exact) mass is 389 g/mol. The summed E-state index contributed by atoms with van der Waals surface area (Å²) in [5.74, 6) is 0.262. The van der Waals surface area contributed by atoms with E-state index in [0.717, 1.165) is 30.0 Å². The van der Waals surface area contributed by atoms with Crippen LogP contribution in [0.2, 0.25) is 0 Å². The average Bonchev–Trinajstić information content (AvgIpc) is 2.75. The normalized spacial score (nSPS) is 10.4. The molecule has 0 aliphatic heterocycles. The van der Waals surface area contributed by atoms with Crippen LogP contribution < -0.4 is 15.5 Å². The molecular weight excluding hydrogens is 362 g/mol. The van der Waals surface area contributed by atoms with Crippen molar-refractivity contribution in [3.63, 3.8) is 0 Å². The number of amides is 1. The third-order valence-electron chi connectivity index (χ3n) is 4.70. The van der Waals surface area contributed by atoms with Gasteiger partial charge in [0.05, 0.1) is 5.56 Å². The molecular formula is C23H27N5O. The number of anilines is 3. The van der Waals surface area contributed by atoms with Gasteiger partial charge in [-0.2, -0.15) is 0 Å². The summed E-state index contributed by atoms with van der Waals surface area (Å²) >= 11 is 0. The van der Waals surface area contributed by atoms with Crippen molar-refractivity contribution in [2.45, 2.75) is 27.3 Å². The Labute approximate surface area is 172 Å². The van der Waals surface area contributed by atoms with E-state index in [1.165, 1.54) is 18.0 Å². The van der Waals surface area contributed by atoms with Crippen molar-refractivity contribution < 1.29 is 4.79 Å². The summed E-state index contributed by atoms with van der Waals surface area (Å²) in [4.78, 5) is 23.2. The Kier molecular flexibility index (Phi) is 6.79. The first kappa shape index (κ1) is 20.3. The van der Waals surface area contributed by atoms with Gasteiger partial charge in [-0.25, -0.2) is 9.97 Å². The largest absolute Gasteiger partial charge is 0.372 e. The Hall–Kier alpha value is -3.41. The van der Waals surface area contributed by atoms with Gasteiger partial charge >= 0.3 is 0 Å². The summed E-state index contributed by atoms with van der Waals surface area (Å²) in [6.45, 7) is 8.83. The zero-order valence-corrected chi connectivity index (χ0v) is 17.1. The lowest BCUT2D eigenvalue weighted by atomic mass is 10.1. The van der Waals surface area contributed by atoms with Crippen LogP contribution in [0.5, 0.6) is 0 Å². The van der Waals surface area contributed by atoms with Crippen LogP contribution in [0, 0.1) is 6.92 Å². The van der Waals surface area contributed by atoms with Crippen LogP contribution in [0.4, 0.5) is 17.3 Å². The van der Waals surface area contributed by atoms with Gasteiger partial charge in [-0.3, -0.25) is 4.79 Å². The van der Waals surface area contributed by atoms with Gasteiger partial charge in [-0.05, 0) is 50.6 Å². The number of nitrogens with zero attached hydrogens (tertiary/aromatic N) is 3. The zero-order chi connectivity index (χ0) is 20.6. The van der Waals surface area contributed by atoms with E-state index in [9.17, 15) is 4.79 Å². The van der Waals surface area contributed by atoms with Crippen LogP contribution in [-0.2, 0) is 6.54 Å². The van der Waals surface area contributed by atoms with E-state index in [1.807, 2.05) is 36.4 Å². The number of carbonyl (C=O) groups is 1. The molecule has 0 radical (unpaired) electrons. The summed E-state index contributed by atoms with van der Waals surface area (Å²) in [7, 11) is 0. The molecule has 3 rings (SSSR count). The molecule has 0 saturated carbocycles. The number of aromatic nitrogens is 2. The first-order chi connectivity index (χ1) is 14.1. The van der Waals surface area contributed by atoms with Crippen LogP contribution in [0.1, 0.15) is 35.3 Å². The molecule has 0 aliphatic carbocycles. The summed E-state index contributed by atoms with van der Waals surface area (Å²) in [6, 6.07) is 16.1. The van der Waals surface area contributed by atoms with E-state index in [2.05, 4.69) is 58.4 Å². The third kappa shape index (κ3) is 5.54. The molecule has 150 valence electrons. The van der Waals surface area contributed by atoms with Crippen molar-refractivity contribution >= 4 is 23.2 Å². The molecule has 0 saturated heterocycles. The van der Waals surface area contributed by atoms with Crippen molar-refractivity contribution in [3.05, 3.63) is 77.6 Å². The van der Waals surface area contributed by atoms with E-state index in [-0.39, 0.29) is 5.91 Å². The summed E-state index contributed by atoms with van der Waals surface area (Å²) in [5.41, 5.74) is 4.66. The molecule has 29 heavy (non-hydrogen) atoms. The van der Waals surface area contributed by atoms with Gasteiger partial charge in [0.2, 0.25) is 5.95 Å². The number of hydrogen-bond acceptors (Lipinski definition) is 5. The number of aryl methyl sites for hydroxylation is 1. The van der Waals surface area contributed by atoms with Crippen molar-refractivity contribution in [1.29, 1.82) is 0 Å². The highest BCUT2D eigenvalue weighted by Crippen LogP contribution is 2.18. The smallest absolute Gasteiger partial charge is 0.258 e. The van der Waals surface area contributed by atoms with Gasteiger partial charge in [0.15, 0.2) is 0 Å². The molecule has 0 aliphatic rings. The Morgan fingerprint density at radius 1 is 1.00 bits per heavy atom. The van der Waals surface area contributed by atoms with Gasteiger partial charge in [-0.15, -0.1) is 0 Å². The third-order valence-corrected chi connectivity index (χ3v) is 4.70. The van der Waals surface area contributed by atoms with Crippen LogP contribution >= 0.6 is 0 Å². The maximum atomic E-state index is 12.5. The zero-order valence-electron chi connectivity index (χ0n) is 17.1. The minimum Gasteiger partial charge on any atom is -0.372 e. The van der Waals surface area contributed by atoms with Crippen LogP contribution in [0.25, 0.3) is 0 Å². The van der Waals surface area contributed by atoms with Gasteiger partial charge in [-0.1, -0.05) is 29.8 Å². The molecule has 1 amide bonds. The van der Waals surface area contributed by atoms with Crippen molar-refractivity contribution in [2.75, 3.05) is 28.6 Å². The topological polar surface area (TPSA) is 70.2 Å². The SMILES string of the molecule is CCN(CC)c1ccc(NC(=O)c2cnc(NCc3cccc(C)c3)nc2)cc1. The number of hydrogen-bond donors (Lipinski definition) is 2. The Bertz CT molecular complexity index is 934. The van der Waals surface area contributed by atoms with E-state index in [1.54, 1.807) is 0 Å². The average molecular weight is 390 g/mol. The lowest BCUT2D eigenvalue weighted by Gasteiger charge is -2.21. The molecule has 1 heterocycles. The predicted octanol–water partition coefficient (Wildman–Crippen LogP) is 4.50. The highest BCUT2D eigenvalue weighted by Gasteiger charge is 2.09. The highest BCUT2D eigenvalue weighted by atomic mass is 16.1. The molecule has 0 bridgehead atoms. The minimum atomic E-state index is -0.231. The molecule has 0 fully saturated rings. The van der Waals surface area contributed by atoms with Gasteiger partial charge in [0, 0.05) is 43.4 Å². The summed E-state index contributed by atoms with van der Waals surface area (Å²) < 4.78 is 0. The maximum Gasteiger partial charge on any atom is 0.258 e. The fourth-order valence-electron chi connectivity index (χ4n) is 3.09. The lowest BCUT2D eigenvalue weighted by Crippen LogP contribution is -2.21. The maximum absolute atomic E-state index is 12.5. The first-order valence-electron chi connectivity index (χ1n) is 9.87. The molecule has 6 heteroatoms. The molecule has 0 unspecified atom stereocenters. The molecule has 2 aromatic carbocycles. The molecule has 1 aromatic heterocycles. The number of nitrogens with one attached hydrogen (secondary N) is 2. The van der Waals surface area contributed by atoms with E-state index < -0.39 is 0 Å². The second-order valence-electron chi connectivity index (χ2n) is 6.81. The minimum absolute atomic E-state index is 0.231. The van der Waals surface area contributed by atoms with Gasteiger partial charge in [0.1, 0.15) is 0 Å². The lowest BCUT2D eigenvalue weighted by molar-refractivity contribution is 0.102. The summed E-state index contributed by atoms with van der Waals surface area (Å²) in [6.07, 6.45) is 3.07. The van der Waals surface area contributed by atoms with Crippen molar-refractivity contribution in [2.24, 2.45) is 0 Å². The van der Waals surface area contributed by atoms with Crippen molar-refractivity contribution in [3.8, 4) is 0 Å². The second kappa shape index (κ2) is 9.68. The van der Waals surface area contributed by atoms with Crippen LogP contribution in [-0.4, -0.2) is 29.0 Å². The van der Waals surface area contributed by atoms with Crippen LogP contribution in [0.3, 0.4) is 0 Å². The number of benzene rings is 2. The number of rotatable bonds is 8. The van der Waals surface area contributed by atoms with E-state index in [0.29, 0.717) is 18.1 Å². The molecule has 6 nitrogen and oxygen atoms in total. The van der Waals surface area contributed by atoms with Gasteiger partial charge < -0.3 is 15.5 Å². The fourth-order valence-corrected chi connectivity index (χ4v) is 3.09. The van der Waals surface area contributed by atoms with Crippen molar-refractivity contribution in [1.82, 2.24) is 9.97 Å². The second-order valence-corrected chi connectivity index (χ2v) is 6.81. The Morgan fingerprint density at radius 2 is 1.69 bits per heavy atom. The van der Waals surface area contributed by atoms with Gasteiger partial charge in [0.25, 0.3) is 5.91 Å². The number of carbonyl (C=O) groups excluding carboxylic acids is 1. The highest BCUT2D eigenvalue weighted by molar-refractivity contribution is 6.03. The first-order valence-corrected chi connectivity index (χ1v) is 9.87. The molecule has 0 spiro atoms. The van der Waals surface area contributed by atoms with Crippen LogP contribution in [0.15, 0.2) is 60.9 Å². The Balaban J connectivity index is 1.57. The molecule has 2 N–H and O–H groups in total. The van der Waals surface area contributed by atoms with E-state index in [4.69, 9.17) is 0 Å². The standard InChI is InChI=1S/C23H27N5O/c1-4-28(5-2)21-11-9-20(10-12-21)27-22(29)19-15-25-23(26-16-19)24-14-18-8-6-7-17(3)13-18/h6-13,15-16H,4-5,14H2,1-3H3,(H,27,29)(H,24,25,26). The quantitative estimate of drug-likeness (QED) is 0.594. The van der Waals surface area contributed by atoms with E-state index >= 15 is 0 Å². The Morgan fingerprint density at radius 3 is 2.31 bits per heavy atom. The fraction of sp³-hybridized carbons (Fsp3) is 0.261. The predicted molar refractivity (Wildman–Crippen MR) is 118 cm³/mol.